The standard InChI is InChI=1S/C23H28N2/c1-19(20-12-6-2-3-7-13-20)18-25(22-16-10-5-11-17-22)23(24)21-14-8-4-9-15-21/h4-5,8-11,14-17,24H,2-3,6-7,12-13,18H2,1H3. The Kier molecular flexibility index (Phi) is 6.05. The summed E-state index contributed by atoms with van der Waals surface area (Å²) in [5.41, 5.74) is 5.10. The number of benzene rings is 2. The van der Waals surface area contributed by atoms with E-state index < -0.39 is 0 Å². The van der Waals surface area contributed by atoms with Gasteiger partial charge in [0.25, 0.3) is 0 Å². The van der Waals surface area contributed by atoms with E-state index in [1.54, 1.807) is 5.57 Å². The molecule has 0 atom stereocenters. The second-order valence-electron chi connectivity index (χ2n) is 6.93. The van der Waals surface area contributed by atoms with Crippen LogP contribution in [0.3, 0.4) is 0 Å². The largest absolute Gasteiger partial charge is 0.322 e. The van der Waals surface area contributed by atoms with Crippen LogP contribution in [0.4, 0.5) is 5.69 Å². The molecule has 0 radical (unpaired) electrons. The molecule has 0 spiro atoms. The highest BCUT2D eigenvalue weighted by molar-refractivity contribution is 6.08. The first-order valence-electron chi connectivity index (χ1n) is 9.40. The molecule has 1 aliphatic carbocycles. The first kappa shape index (κ1) is 17.5. The Morgan fingerprint density at radius 2 is 1.40 bits per heavy atom. The van der Waals surface area contributed by atoms with Gasteiger partial charge in [-0.15, -0.1) is 0 Å². The molecule has 25 heavy (non-hydrogen) atoms. The van der Waals surface area contributed by atoms with Crippen LogP contribution in [0.15, 0.2) is 71.8 Å². The van der Waals surface area contributed by atoms with Crippen LogP contribution in [-0.4, -0.2) is 12.4 Å². The lowest BCUT2D eigenvalue weighted by atomic mass is 10.0. The molecule has 2 aromatic rings. The monoisotopic (exact) mass is 332 g/mol. The SMILES string of the molecule is CC(CN(C(=N)c1ccccc1)c1ccccc1)=C1CCCCCC1. The van der Waals surface area contributed by atoms with Crippen molar-refractivity contribution in [3.63, 3.8) is 0 Å². The third kappa shape index (κ3) is 4.60. The Morgan fingerprint density at radius 3 is 2.00 bits per heavy atom. The summed E-state index contributed by atoms with van der Waals surface area (Å²) >= 11 is 0. The van der Waals surface area contributed by atoms with E-state index in [-0.39, 0.29) is 0 Å². The lowest BCUT2D eigenvalue weighted by molar-refractivity contribution is 0.702. The average molecular weight is 332 g/mol. The molecule has 1 fully saturated rings. The van der Waals surface area contributed by atoms with Crippen LogP contribution in [0.2, 0.25) is 0 Å². The van der Waals surface area contributed by atoms with Gasteiger partial charge >= 0.3 is 0 Å². The first-order valence-corrected chi connectivity index (χ1v) is 9.40. The minimum Gasteiger partial charge on any atom is -0.322 e. The zero-order valence-electron chi connectivity index (χ0n) is 15.2. The molecule has 0 aliphatic heterocycles. The van der Waals surface area contributed by atoms with E-state index in [0.717, 1.165) is 17.8 Å². The number of allylic oxidation sites excluding steroid dienone is 1. The normalized spacial score (nSPS) is 14.7. The van der Waals surface area contributed by atoms with Gasteiger partial charge in [0, 0.05) is 17.8 Å². The van der Waals surface area contributed by atoms with Crippen molar-refractivity contribution in [1.29, 1.82) is 5.41 Å². The molecule has 2 aromatic carbocycles. The molecule has 1 aliphatic rings. The molecule has 130 valence electrons. The minimum absolute atomic E-state index is 0.570. The van der Waals surface area contributed by atoms with E-state index in [2.05, 4.69) is 36.1 Å². The van der Waals surface area contributed by atoms with Gasteiger partial charge in [0.1, 0.15) is 5.84 Å². The van der Waals surface area contributed by atoms with Gasteiger partial charge in [0.05, 0.1) is 0 Å². The Hall–Kier alpha value is -2.35. The molecule has 1 N–H and O–H groups in total. The van der Waals surface area contributed by atoms with Gasteiger partial charge in [-0.25, -0.2) is 0 Å². The van der Waals surface area contributed by atoms with Crippen molar-refractivity contribution in [2.45, 2.75) is 45.4 Å². The first-order chi connectivity index (χ1) is 12.3. The number of anilines is 1. The quantitative estimate of drug-likeness (QED) is 0.307. The predicted octanol–water partition coefficient (Wildman–Crippen LogP) is 6.19. The van der Waals surface area contributed by atoms with Crippen molar-refractivity contribution in [3.8, 4) is 0 Å². The van der Waals surface area contributed by atoms with Crippen molar-refractivity contribution < 1.29 is 0 Å². The highest BCUT2D eigenvalue weighted by Gasteiger charge is 2.16. The van der Waals surface area contributed by atoms with E-state index in [1.807, 2.05) is 36.4 Å². The second-order valence-corrected chi connectivity index (χ2v) is 6.93. The number of rotatable bonds is 4. The fourth-order valence-corrected chi connectivity index (χ4v) is 3.59. The number of amidine groups is 1. The molecule has 2 heteroatoms. The number of nitrogens with one attached hydrogen (secondary N) is 1. The van der Waals surface area contributed by atoms with Gasteiger partial charge in [0.15, 0.2) is 0 Å². The summed E-state index contributed by atoms with van der Waals surface area (Å²) in [6, 6.07) is 20.4. The fourth-order valence-electron chi connectivity index (χ4n) is 3.59. The van der Waals surface area contributed by atoms with E-state index in [1.165, 1.54) is 44.1 Å². The number of hydrogen-bond acceptors (Lipinski definition) is 1. The Balaban J connectivity index is 1.89. The lowest BCUT2D eigenvalue weighted by Crippen LogP contribution is -2.32. The molecule has 0 bridgehead atoms. The third-order valence-corrected chi connectivity index (χ3v) is 5.09. The van der Waals surface area contributed by atoms with E-state index >= 15 is 0 Å². The van der Waals surface area contributed by atoms with Crippen molar-refractivity contribution in [2.75, 3.05) is 11.4 Å². The summed E-state index contributed by atoms with van der Waals surface area (Å²) in [6.07, 6.45) is 7.81. The van der Waals surface area contributed by atoms with Crippen LogP contribution >= 0.6 is 0 Å². The maximum Gasteiger partial charge on any atom is 0.132 e. The van der Waals surface area contributed by atoms with E-state index in [0.29, 0.717) is 5.84 Å². The molecule has 2 nitrogen and oxygen atoms in total. The van der Waals surface area contributed by atoms with Gasteiger partial charge in [0.2, 0.25) is 0 Å². The molecule has 3 rings (SSSR count). The van der Waals surface area contributed by atoms with Crippen molar-refractivity contribution in [3.05, 3.63) is 77.4 Å². The van der Waals surface area contributed by atoms with Crippen LogP contribution < -0.4 is 4.90 Å². The Bertz CT molecular complexity index is 706. The van der Waals surface area contributed by atoms with Crippen molar-refractivity contribution in [2.24, 2.45) is 0 Å². The minimum atomic E-state index is 0.570. The van der Waals surface area contributed by atoms with Crippen LogP contribution in [-0.2, 0) is 0 Å². The summed E-state index contributed by atoms with van der Waals surface area (Å²) in [7, 11) is 0. The zero-order chi connectivity index (χ0) is 17.5. The predicted molar refractivity (Wildman–Crippen MR) is 107 cm³/mol. The Morgan fingerprint density at radius 1 is 0.840 bits per heavy atom. The average Bonchev–Trinajstić information content (AvgIpc) is 2.96. The molecule has 0 unspecified atom stereocenters. The van der Waals surface area contributed by atoms with Crippen LogP contribution in [0, 0.1) is 5.41 Å². The summed E-state index contributed by atoms with van der Waals surface area (Å²) in [4.78, 5) is 2.14. The van der Waals surface area contributed by atoms with Gasteiger partial charge < -0.3 is 4.90 Å². The molecule has 1 saturated carbocycles. The smallest absolute Gasteiger partial charge is 0.132 e. The highest BCUT2D eigenvalue weighted by Crippen LogP contribution is 2.27. The van der Waals surface area contributed by atoms with Crippen molar-refractivity contribution in [1.82, 2.24) is 0 Å². The van der Waals surface area contributed by atoms with Gasteiger partial charge in [-0.05, 0) is 44.7 Å². The Labute approximate surface area is 151 Å². The van der Waals surface area contributed by atoms with Gasteiger partial charge in [-0.1, -0.05) is 72.5 Å². The fraction of sp³-hybridized carbons (Fsp3) is 0.348. The maximum atomic E-state index is 8.78. The second kappa shape index (κ2) is 8.66. The number of para-hydroxylation sites is 1. The van der Waals surface area contributed by atoms with Gasteiger partial charge in [-0.3, -0.25) is 5.41 Å². The molecule has 0 amide bonds. The maximum absolute atomic E-state index is 8.78. The van der Waals surface area contributed by atoms with Crippen molar-refractivity contribution >= 4 is 11.5 Å². The molecule has 0 heterocycles. The van der Waals surface area contributed by atoms with Crippen LogP contribution in [0.25, 0.3) is 0 Å². The zero-order valence-corrected chi connectivity index (χ0v) is 15.2. The highest BCUT2D eigenvalue weighted by atomic mass is 15.2. The number of nitrogens with zero attached hydrogens (tertiary/aromatic N) is 1. The summed E-state index contributed by atoms with van der Waals surface area (Å²) in [6.45, 7) is 3.06. The molecule has 0 saturated heterocycles. The lowest BCUT2D eigenvalue weighted by Gasteiger charge is -2.27. The summed E-state index contributed by atoms with van der Waals surface area (Å²) in [5.74, 6) is 0.570. The van der Waals surface area contributed by atoms with Crippen LogP contribution in [0.1, 0.15) is 51.0 Å². The van der Waals surface area contributed by atoms with E-state index in [9.17, 15) is 0 Å². The van der Waals surface area contributed by atoms with E-state index in [4.69, 9.17) is 5.41 Å². The van der Waals surface area contributed by atoms with Crippen LogP contribution in [0.5, 0.6) is 0 Å². The third-order valence-electron chi connectivity index (χ3n) is 5.09. The summed E-state index contributed by atoms with van der Waals surface area (Å²) < 4.78 is 0. The molecular formula is C23H28N2. The molecule has 0 aromatic heterocycles. The van der Waals surface area contributed by atoms with Gasteiger partial charge in [-0.2, -0.15) is 0 Å². The summed E-state index contributed by atoms with van der Waals surface area (Å²) in [5, 5.41) is 8.78. The number of hydrogen-bond donors (Lipinski definition) is 1. The molecular weight excluding hydrogens is 304 g/mol. The topological polar surface area (TPSA) is 27.1 Å².